The van der Waals surface area contributed by atoms with E-state index < -0.39 is 0 Å². The lowest BCUT2D eigenvalue weighted by Gasteiger charge is -2.60. The first-order valence-corrected chi connectivity index (χ1v) is 18.0. The van der Waals surface area contributed by atoms with Gasteiger partial charge >= 0.3 is 0 Å². The highest BCUT2D eigenvalue weighted by Crippen LogP contribution is 2.67. The molecule has 5 aliphatic carbocycles. The monoisotopic (exact) mass is 583 g/mol. The molecule has 0 aromatic heterocycles. The van der Waals surface area contributed by atoms with E-state index in [4.69, 9.17) is 0 Å². The Morgan fingerprint density at radius 2 is 1.48 bits per heavy atom. The third-order valence-corrected chi connectivity index (χ3v) is 11.4. The summed E-state index contributed by atoms with van der Waals surface area (Å²) < 4.78 is 0. The molecule has 0 saturated heterocycles. The molecule has 0 radical (unpaired) electrons. The van der Waals surface area contributed by atoms with Crippen LogP contribution >= 0.6 is 0 Å². The Kier molecular flexibility index (Phi) is 16.9. The van der Waals surface area contributed by atoms with Gasteiger partial charge in [-0.1, -0.05) is 98.6 Å². The fourth-order valence-corrected chi connectivity index (χ4v) is 8.89. The SMILES string of the molecule is C/C=C\C(=C/C)C(=O)CCC.C=C1CCC2(C)C(CCC3C2CCC2(C)C(C(C)=O)CCC32)C1.CC.CC.CC1CC1. The van der Waals surface area contributed by atoms with E-state index in [1.807, 2.05) is 73.6 Å². The summed E-state index contributed by atoms with van der Waals surface area (Å²) in [4.78, 5) is 23.4. The number of carbonyl (C=O) groups excluding carboxylic acids is 2. The van der Waals surface area contributed by atoms with Crippen LogP contribution < -0.4 is 0 Å². The van der Waals surface area contributed by atoms with Crippen molar-refractivity contribution in [3.8, 4) is 0 Å². The van der Waals surface area contributed by atoms with Crippen LogP contribution in [-0.2, 0) is 9.59 Å². The van der Waals surface area contributed by atoms with E-state index in [0.717, 1.165) is 48.0 Å². The molecular weight excluding hydrogens is 512 g/mol. The maximum Gasteiger partial charge on any atom is 0.162 e. The molecule has 242 valence electrons. The van der Waals surface area contributed by atoms with Crippen LogP contribution in [0.15, 0.2) is 36.0 Å². The molecule has 0 heterocycles. The summed E-state index contributed by atoms with van der Waals surface area (Å²) >= 11 is 0. The molecular formula is C40H70O2. The van der Waals surface area contributed by atoms with Gasteiger partial charge in [0.1, 0.15) is 5.78 Å². The van der Waals surface area contributed by atoms with E-state index in [9.17, 15) is 9.59 Å². The van der Waals surface area contributed by atoms with Crippen molar-refractivity contribution in [3.05, 3.63) is 36.0 Å². The molecule has 7 atom stereocenters. The minimum atomic E-state index is 0.244. The number of Topliss-reactive ketones (excluding diaryl/α,β-unsaturated/α-hetero) is 2. The Bertz CT molecular complexity index is 905. The van der Waals surface area contributed by atoms with Crippen molar-refractivity contribution >= 4 is 11.6 Å². The summed E-state index contributed by atoms with van der Waals surface area (Å²) in [6, 6.07) is 0. The van der Waals surface area contributed by atoms with Crippen molar-refractivity contribution in [3.63, 3.8) is 0 Å². The van der Waals surface area contributed by atoms with E-state index in [1.54, 1.807) is 0 Å². The van der Waals surface area contributed by atoms with Crippen LogP contribution in [0.4, 0.5) is 0 Å². The summed E-state index contributed by atoms with van der Waals surface area (Å²) in [5, 5.41) is 0. The highest BCUT2D eigenvalue weighted by molar-refractivity contribution is 5.97. The molecule has 0 aliphatic heterocycles. The minimum absolute atomic E-state index is 0.244. The Labute approximate surface area is 262 Å². The minimum Gasteiger partial charge on any atom is -0.300 e. The quantitative estimate of drug-likeness (QED) is 0.183. The first-order valence-electron chi connectivity index (χ1n) is 18.0. The van der Waals surface area contributed by atoms with E-state index in [2.05, 4.69) is 27.4 Å². The summed E-state index contributed by atoms with van der Waals surface area (Å²) in [5.74, 6) is 5.65. The van der Waals surface area contributed by atoms with Crippen LogP contribution in [0.5, 0.6) is 0 Å². The van der Waals surface area contributed by atoms with Gasteiger partial charge in [0.05, 0.1) is 0 Å². The van der Waals surface area contributed by atoms with Gasteiger partial charge in [0.25, 0.3) is 0 Å². The van der Waals surface area contributed by atoms with Gasteiger partial charge in [-0.3, -0.25) is 9.59 Å². The van der Waals surface area contributed by atoms with E-state index in [0.29, 0.717) is 29.0 Å². The van der Waals surface area contributed by atoms with Gasteiger partial charge in [-0.2, -0.15) is 0 Å². The lowest BCUT2D eigenvalue weighted by Crippen LogP contribution is -2.53. The van der Waals surface area contributed by atoms with Crippen LogP contribution in [0.3, 0.4) is 0 Å². The second kappa shape index (κ2) is 18.4. The lowest BCUT2D eigenvalue weighted by atomic mass is 9.44. The average Bonchev–Trinajstić information content (AvgIpc) is 3.68. The molecule has 2 nitrogen and oxygen atoms in total. The van der Waals surface area contributed by atoms with Crippen molar-refractivity contribution in [2.75, 3.05) is 0 Å². The Morgan fingerprint density at radius 3 is 1.98 bits per heavy atom. The largest absolute Gasteiger partial charge is 0.300 e. The van der Waals surface area contributed by atoms with E-state index in [-0.39, 0.29) is 5.78 Å². The molecule has 5 rings (SSSR count). The molecule has 5 aliphatic rings. The van der Waals surface area contributed by atoms with Crippen molar-refractivity contribution in [2.45, 2.75) is 160 Å². The predicted molar refractivity (Wildman–Crippen MR) is 185 cm³/mol. The molecule has 0 N–H and O–H groups in total. The Hall–Kier alpha value is -1.44. The van der Waals surface area contributed by atoms with E-state index >= 15 is 0 Å². The smallest absolute Gasteiger partial charge is 0.162 e. The standard InChI is InChI=1S/C22H34O.C10H16O.C4H8.2C2H6/c1-14-9-11-21(3)16(13-14)5-6-17-19-8-7-18(15(2)23)22(19,4)12-10-20(17)21;1-4-7-9(6-3)10(11)8-5-2;1-4-2-3-4;2*1-2/h16-20H,1,5-13H2,2-4H3;4,6-7H,5,8H2,1-3H3;4H,2-3H2,1H3;2*1-2H3/b;7-4-,9-6+;;;. The van der Waals surface area contributed by atoms with Crippen LogP contribution in [0.25, 0.3) is 0 Å². The number of allylic oxidation sites excluding steroid dienone is 5. The molecule has 0 aromatic rings. The fourth-order valence-electron chi connectivity index (χ4n) is 8.89. The number of hydrogen-bond donors (Lipinski definition) is 0. The number of rotatable bonds is 5. The summed E-state index contributed by atoms with van der Waals surface area (Å²) in [7, 11) is 0. The number of fused-ring (bicyclic) bond motifs is 5. The lowest BCUT2D eigenvalue weighted by molar-refractivity contribution is -0.132. The normalized spacial score (nSPS) is 34.8. The van der Waals surface area contributed by atoms with Crippen LogP contribution in [0.1, 0.15) is 160 Å². The number of ketones is 2. The zero-order valence-electron chi connectivity index (χ0n) is 29.9. The summed E-state index contributed by atoms with van der Waals surface area (Å²) in [6.45, 7) is 27.3. The van der Waals surface area contributed by atoms with Gasteiger partial charge in [0.15, 0.2) is 5.78 Å². The molecule has 0 amide bonds. The molecule has 5 fully saturated rings. The van der Waals surface area contributed by atoms with Gasteiger partial charge < -0.3 is 0 Å². The van der Waals surface area contributed by atoms with Gasteiger partial charge in [0, 0.05) is 17.9 Å². The fraction of sp³-hybridized carbons (Fsp3) is 0.800. The molecule has 2 heteroatoms. The summed E-state index contributed by atoms with van der Waals surface area (Å²) in [5.41, 5.74) is 3.20. The molecule has 0 aromatic carbocycles. The van der Waals surface area contributed by atoms with Gasteiger partial charge in [0.2, 0.25) is 0 Å². The zero-order chi connectivity index (χ0) is 32.1. The van der Waals surface area contributed by atoms with Gasteiger partial charge in [-0.15, -0.1) is 0 Å². The average molecular weight is 583 g/mol. The van der Waals surface area contributed by atoms with Crippen LogP contribution in [0, 0.1) is 46.3 Å². The second-order valence-electron chi connectivity index (χ2n) is 14.0. The van der Waals surface area contributed by atoms with Crippen molar-refractivity contribution in [2.24, 2.45) is 46.3 Å². The third-order valence-electron chi connectivity index (χ3n) is 11.4. The zero-order valence-corrected chi connectivity index (χ0v) is 29.9. The van der Waals surface area contributed by atoms with Crippen molar-refractivity contribution in [1.82, 2.24) is 0 Å². The summed E-state index contributed by atoms with van der Waals surface area (Å²) in [6.07, 6.45) is 22.1. The Morgan fingerprint density at radius 1 is 0.881 bits per heavy atom. The first kappa shape index (κ1) is 38.6. The van der Waals surface area contributed by atoms with Crippen LogP contribution in [0.2, 0.25) is 0 Å². The molecule has 5 saturated carbocycles. The first-order chi connectivity index (χ1) is 20.0. The number of carbonyl (C=O) groups is 2. The third kappa shape index (κ3) is 9.53. The highest BCUT2D eigenvalue weighted by atomic mass is 16.1. The molecule has 0 bridgehead atoms. The number of hydrogen-bond acceptors (Lipinski definition) is 2. The molecule has 42 heavy (non-hydrogen) atoms. The topological polar surface area (TPSA) is 34.1 Å². The van der Waals surface area contributed by atoms with Crippen molar-refractivity contribution in [1.29, 1.82) is 0 Å². The molecule has 0 spiro atoms. The van der Waals surface area contributed by atoms with Crippen LogP contribution in [-0.4, -0.2) is 11.6 Å². The maximum absolute atomic E-state index is 12.2. The second-order valence-corrected chi connectivity index (χ2v) is 14.0. The Balaban J connectivity index is 0.000000388. The highest BCUT2D eigenvalue weighted by Gasteiger charge is 2.60. The van der Waals surface area contributed by atoms with Crippen molar-refractivity contribution < 1.29 is 9.59 Å². The van der Waals surface area contributed by atoms with Gasteiger partial charge in [-0.25, -0.2) is 0 Å². The van der Waals surface area contributed by atoms with E-state index in [1.165, 1.54) is 69.8 Å². The molecule has 7 unspecified atom stereocenters. The van der Waals surface area contributed by atoms with Gasteiger partial charge in [-0.05, 0) is 125 Å². The predicted octanol–water partition coefficient (Wildman–Crippen LogP) is 12.1. The maximum atomic E-state index is 12.2.